The van der Waals surface area contributed by atoms with Crippen molar-refractivity contribution in [1.82, 2.24) is 15.3 Å². The largest absolute Gasteiger partial charge is 0.481 e. The molecular weight excluding hydrogens is 842 g/mol. The van der Waals surface area contributed by atoms with Crippen molar-refractivity contribution >= 4 is 70.8 Å². The lowest BCUT2D eigenvalue weighted by Crippen LogP contribution is -2.38. The average Bonchev–Trinajstić information content (AvgIpc) is 3.51. The number of amides is 4. The summed E-state index contributed by atoms with van der Waals surface area (Å²) in [5.41, 5.74) is 1.36. The number of carbonyl (C=O) groups excluding carboxylic acids is 8. The summed E-state index contributed by atoms with van der Waals surface area (Å²) in [5.74, 6) is -14.4. The first kappa shape index (κ1) is 52.0. The number of hydrogen-bond donors (Lipinski definition) is 5. The van der Waals surface area contributed by atoms with Crippen molar-refractivity contribution in [3.05, 3.63) is 35.4 Å². The normalized spacial score (nSPS) is 17.4. The first-order chi connectivity index (χ1) is 30.2. The Kier molecular flexibility index (Phi) is 20.9. The zero-order chi connectivity index (χ0) is 47.5. The Balaban J connectivity index is 1.54. The summed E-state index contributed by atoms with van der Waals surface area (Å²) in [6.45, 7) is 1.33. The minimum Gasteiger partial charge on any atom is -0.481 e. The minimum atomic E-state index is -1.35. The van der Waals surface area contributed by atoms with Crippen LogP contribution >= 0.6 is 0 Å². The fraction of sp³-hybridized carbons (Fsp3) is 0.591. The third-order valence-corrected chi connectivity index (χ3v) is 11.2. The van der Waals surface area contributed by atoms with E-state index in [-0.39, 0.29) is 76.1 Å². The van der Waals surface area contributed by atoms with Crippen LogP contribution in [0.2, 0.25) is 0 Å². The summed E-state index contributed by atoms with van der Waals surface area (Å²) in [7, 11) is 0. The number of aliphatic carboxylic acids is 4. The van der Waals surface area contributed by atoms with Crippen molar-refractivity contribution in [3.63, 3.8) is 0 Å². The van der Waals surface area contributed by atoms with Gasteiger partial charge in [0.1, 0.15) is 23.9 Å². The molecule has 1 aromatic carbocycles. The van der Waals surface area contributed by atoms with E-state index in [1.807, 2.05) is 13.0 Å². The number of carboxylic acid groups (broad SMARTS) is 4. The van der Waals surface area contributed by atoms with Crippen LogP contribution < -0.4 is 5.32 Å². The van der Waals surface area contributed by atoms with Crippen LogP contribution in [0.15, 0.2) is 24.3 Å². The van der Waals surface area contributed by atoms with E-state index in [0.717, 1.165) is 10.5 Å². The molecule has 0 spiro atoms. The first-order valence-electron chi connectivity index (χ1n) is 21.3. The molecule has 20 heteroatoms. The number of unbranched alkanes of at least 4 members (excludes halogenated alkanes) is 1. The van der Waals surface area contributed by atoms with Crippen LogP contribution in [0.25, 0.3) is 0 Å². The van der Waals surface area contributed by atoms with Gasteiger partial charge in [0.25, 0.3) is 17.7 Å². The van der Waals surface area contributed by atoms with Gasteiger partial charge in [-0.3, -0.25) is 52.7 Å². The average molecular weight is 900 g/mol. The second kappa shape index (κ2) is 25.7. The number of Topliss-reactive ketones (excluding diaryl/α,β-unsaturated/α-hetero) is 3. The molecule has 350 valence electrons. The van der Waals surface area contributed by atoms with E-state index >= 15 is 0 Å². The molecule has 0 unspecified atom stereocenters. The van der Waals surface area contributed by atoms with Gasteiger partial charge in [0, 0.05) is 95.2 Å². The zero-order valence-electron chi connectivity index (χ0n) is 35.8. The van der Waals surface area contributed by atoms with Crippen LogP contribution in [0, 0.1) is 36.5 Å². The lowest BCUT2D eigenvalue weighted by molar-refractivity contribution is -0.201. The highest BCUT2D eigenvalue weighted by atomic mass is 16.7. The topological polar surface area (TPSA) is 314 Å². The van der Waals surface area contributed by atoms with Crippen molar-refractivity contribution in [1.29, 1.82) is 0 Å². The molecule has 1 aliphatic carbocycles. The van der Waals surface area contributed by atoms with Gasteiger partial charge in [-0.2, -0.15) is 0 Å². The summed E-state index contributed by atoms with van der Waals surface area (Å²) in [5, 5.41) is 41.3. The second-order valence-electron chi connectivity index (χ2n) is 16.7. The quantitative estimate of drug-likeness (QED) is 0.0570. The van der Waals surface area contributed by atoms with E-state index in [2.05, 4.69) is 5.32 Å². The maximum Gasteiger partial charge on any atom is 0.336 e. The van der Waals surface area contributed by atoms with E-state index < -0.39 is 147 Å². The zero-order valence-corrected chi connectivity index (χ0v) is 35.8. The van der Waals surface area contributed by atoms with Crippen LogP contribution in [0.4, 0.5) is 0 Å². The molecule has 0 aromatic heterocycles. The lowest BCUT2D eigenvalue weighted by atomic mass is 9.77. The van der Waals surface area contributed by atoms with E-state index in [1.165, 1.54) is 0 Å². The van der Waals surface area contributed by atoms with Crippen LogP contribution in [0.5, 0.6) is 0 Å². The Hall–Kier alpha value is -6.34. The van der Waals surface area contributed by atoms with E-state index in [1.54, 1.807) is 18.2 Å². The molecule has 1 heterocycles. The number of aryl methyl sites for hydroxylation is 1. The number of nitrogens with zero attached hydrogens (tertiary/aromatic N) is 2. The Morgan fingerprint density at radius 1 is 0.672 bits per heavy atom. The summed E-state index contributed by atoms with van der Waals surface area (Å²) in [6.07, 6.45) is -3.14. The predicted octanol–water partition coefficient (Wildman–Crippen LogP) is 3.15. The van der Waals surface area contributed by atoms with Gasteiger partial charge in [0.15, 0.2) is 0 Å². The molecule has 0 radical (unpaired) electrons. The maximum atomic E-state index is 13.3. The Labute approximate surface area is 369 Å². The first-order valence-corrected chi connectivity index (χ1v) is 21.3. The standard InChI is InChI=1S/C44H57N3O17/c1-26-5-4-6-32(15-26)43(62)45-13-2-3-14-46(25-42(60)61)38(53)21-29(24-41(58)59)19-34(49)17-27(22-39(54)55)16-33(48)18-28(23-40(56)57)20-35(50)30-7-9-31(10-8-30)44(63)64-47-36(51)11-12-37(47)52/h4-6,15,27-31H,2-3,7-14,16-25H2,1H3,(H,45,62)(H,54,55)(H,56,57)(H,58,59)(H,60,61)/t27-,28+,29-,30?,31?/m1/s1. The molecule has 0 bridgehead atoms. The van der Waals surface area contributed by atoms with Crippen molar-refractivity contribution in [2.45, 2.75) is 116 Å². The van der Waals surface area contributed by atoms with E-state index in [0.29, 0.717) is 17.0 Å². The highest BCUT2D eigenvalue weighted by Gasteiger charge is 2.38. The van der Waals surface area contributed by atoms with Gasteiger partial charge in [-0.1, -0.05) is 17.7 Å². The van der Waals surface area contributed by atoms with Gasteiger partial charge in [-0.15, -0.1) is 5.06 Å². The molecule has 3 rings (SSSR count). The summed E-state index contributed by atoms with van der Waals surface area (Å²) < 4.78 is 0. The number of hydroxylamine groups is 2. The third kappa shape index (κ3) is 18.6. The van der Waals surface area contributed by atoms with Gasteiger partial charge >= 0.3 is 29.8 Å². The number of hydrogen-bond acceptors (Lipinski definition) is 13. The number of rotatable bonds is 29. The number of benzene rings is 1. The fourth-order valence-corrected chi connectivity index (χ4v) is 8.12. The SMILES string of the molecule is Cc1cccc(C(=O)NCCCCN(CC(=O)O)C(=O)C[C@H](CC(=O)O)CC(=O)C[C@H](CC(=O)O)CC(=O)C[C@H](CC(=O)O)CC(=O)C2CCC(C(=O)ON3C(=O)CCC3=O)CC2)c1. The van der Waals surface area contributed by atoms with Crippen LogP contribution in [0.1, 0.15) is 125 Å². The molecule has 3 atom stereocenters. The number of ketones is 3. The lowest BCUT2D eigenvalue weighted by Gasteiger charge is -2.28. The minimum absolute atomic E-state index is 0.0406. The van der Waals surface area contributed by atoms with Crippen LogP contribution in [0.3, 0.4) is 0 Å². The molecule has 20 nitrogen and oxygen atoms in total. The highest BCUT2D eigenvalue weighted by Crippen LogP contribution is 2.33. The van der Waals surface area contributed by atoms with Gasteiger partial charge in [0.2, 0.25) is 5.91 Å². The third-order valence-electron chi connectivity index (χ3n) is 11.2. The highest BCUT2D eigenvalue weighted by molar-refractivity contribution is 6.01. The van der Waals surface area contributed by atoms with Crippen molar-refractivity contribution in [2.75, 3.05) is 19.6 Å². The molecule has 2 aliphatic rings. The van der Waals surface area contributed by atoms with Crippen LogP contribution in [-0.2, 0) is 57.6 Å². The number of carbonyl (C=O) groups is 12. The number of imide groups is 1. The molecule has 5 N–H and O–H groups in total. The van der Waals surface area contributed by atoms with Crippen LogP contribution in [-0.4, -0.2) is 121 Å². The molecule has 1 aromatic rings. The molecule has 64 heavy (non-hydrogen) atoms. The van der Waals surface area contributed by atoms with Gasteiger partial charge in [0.05, 0.1) is 5.92 Å². The Bertz CT molecular complexity index is 1920. The fourth-order valence-electron chi connectivity index (χ4n) is 8.12. The van der Waals surface area contributed by atoms with E-state index in [9.17, 15) is 78.0 Å². The molecule has 2 fully saturated rings. The second-order valence-corrected chi connectivity index (χ2v) is 16.7. The van der Waals surface area contributed by atoms with Crippen molar-refractivity contribution in [2.24, 2.45) is 29.6 Å². The molecule has 4 amide bonds. The molecule has 1 aliphatic heterocycles. The predicted molar refractivity (Wildman–Crippen MR) is 220 cm³/mol. The van der Waals surface area contributed by atoms with Gasteiger partial charge in [-0.05, 0) is 75.3 Å². The number of nitrogens with one attached hydrogen (secondary N) is 1. The molecule has 1 saturated heterocycles. The van der Waals surface area contributed by atoms with Crippen molar-refractivity contribution < 1.29 is 82.8 Å². The monoisotopic (exact) mass is 899 g/mol. The molecule has 1 saturated carbocycles. The van der Waals surface area contributed by atoms with E-state index in [4.69, 9.17) is 4.84 Å². The van der Waals surface area contributed by atoms with Gasteiger partial charge < -0.3 is 35.5 Å². The van der Waals surface area contributed by atoms with Gasteiger partial charge in [-0.25, -0.2) is 4.79 Å². The maximum absolute atomic E-state index is 13.3. The Morgan fingerprint density at radius 2 is 1.17 bits per heavy atom. The Morgan fingerprint density at radius 3 is 1.67 bits per heavy atom. The summed E-state index contributed by atoms with van der Waals surface area (Å²) in [4.78, 5) is 155. The summed E-state index contributed by atoms with van der Waals surface area (Å²) >= 11 is 0. The summed E-state index contributed by atoms with van der Waals surface area (Å²) in [6, 6.07) is 6.95. The van der Waals surface area contributed by atoms with Crippen molar-refractivity contribution in [3.8, 4) is 0 Å². The molecular formula is C44H57N3O17. The smallest absolute Gasteiger partial charge is 0.336 e. The number of carboxylic acids is 4.